The number of aliphatic hydroxyl groups is 1. The molecule has 0 unspecified atom stereocenters. The molecule has 0 spiro atoms. The molecule has 3 aromatic rings. The summed E-state index contributed by atoms with van der Waals surface area (Å²) in [5.74, 6) is 0.751. The van der Waals surface area contributed by atoms with Crippen LogP contribution in [0.15, 0.2) is 41.1 Å². The Morgan fingerprint density at radius 2 is 2.15 bits per heavy atom. The van der Waals surface area contributed by atoms with Crippen molar-refractivity contribution < 1.29 is 14.6 Å². The van der Waals surface area contributed by atoms with Crippen molar-refractivity contribution in [3.05, 3.63) is 69.2 Å². The monoisotopic (exact) mass is 466 g/mol. The van der Waals surface area contributed by atoms with Crippen LogP contribution in [0, 0.1) is 0 Å². The highest BCUT2D eigenvalue weighted by Crippen LogP contribution is 2.27. The zero-order valence-corrected chi connectivity index (χ0v) is 19.8. The number of benzene rings is 1. The number of amides is 1. The van der Waals surface area contributed by atoms with Gasteiger partial charge in [0, 0.05) is 50.4 Å². The van der Waals surface area contributed by atoms with Gasteiger partial charge in [0.2, 0.25) is 0 Å². The van der Waals surface area contributed by atoms with Crippen molar-refractivity contribution in [2.45, 2.75) is 45.0 Å². The number of fused-ring (bicyclic) bond motifs is 1. The second-order valence-corrected chi connectivity index (χ2v) is 9.70. The van der Waals surface area contributed by atoms with E-state index in [0.717, 1.165) is 54.9 Å². The third-order valence-corrected chi connectivity index (χ3v) is 7.28. The summed E-state index contributed by atoms with van der Waals surface area (Å²) in [5, 5.41) is 19.3. The topological polar surface area (TPSA) is 70.8 Å². The van der Waals surface area contributed by atoms with E-state index in [2.05, 4.69) is 27.8 Å². The van der Waals surface area contributed by atoms with Gasteiger partial charge in [-0.3, -0.25) is 14.4 Å². The third kappa shape index (κ3) is 4.83. The highest BCUT2D eigenvalue weighted by molar-refractivity contribution is 7.07. The van der Waals surface area contributed by atoms with Crippen LogP contribution >= 0.6 is 11.3 Å². The maximum absolute atomic E-state index is 13.5. The van der Waals surface area contributed by atoms with Crippen LogP contribution in [0.5, 0.6) is 5.75 Å². The molecule has 1 fully saturated rings. The smallest absolute Gasteiger partial charge is 0.274 e. The van der Waals surface area contributed by atoms with Crippen LogP contribution in [0.2, 0.25) is 0 Å². The van der Waals surface area contributed by atoms with E-state index in [0.29, 0.717) is 31.9 Å². The summed E-state index contributed by atoms with van der Waals surface area (Å²) in [6.45, 7) is 4.17. The van der Waals surface area contributed by atoms with Gasteiger partial charge in [-0.1, -0.05) is 12.1 Å². The minimum absolute atomic E-state index is 0.0632. The summed E-state index contributed by atoms with van der Waals surface area (Å²) in [6, 6.07) is 10.1. The summed E-state index contributed by atoms with van der Waals surface area (Å²) in [5.41, 5.74) is 5.11. The van der Waals surface area contributed by atoms with Gasteiger partial charge >= 0.3 is 0 Å². The fourth-order valence-corrected chi connectivity index (χ4v) is 5.52. The number of aliphatic hydroxyl groups excluding tert-OH is 1. The van der Waals surface area contributed by atoms with E-state index in [1.54, 1.807) is 23.3 Å². The lowest BCUT2D eigenvalue weighted by Crippen LogP contribution is -2.43. The number of hydrogen-bond acceptors (Lipinski definition) is 6. The zero-order chi connectivity index (χ0) is 22.8. The number of rotatable bonds is 6. The van der Waals surface area contributed by atoms with Gasteiger partial charge in [0.05, 0.1) is 19.8 Å². The summed E-state index contributed by atoms with van der Waals surface area (Å²) >= 11 is 1.71. The van der Waals surface area contributed by atoms with Crippen LogP contribution in [0.25, 0.3) is 0 Å². The average Bonchev–Trinajstić information content (AvgIpc) is 3.47. The fourth-order valence-electron chi connectivity index (χ4n) is 4.86. The van der Waals surface area contributed by atoms with E-state index in [9.17, 15) is 9.90 Å². The second kappa shape index (κ2) is 9.67. The third-order valence-electron chi connectivity index (χ3n) is 6.55. The van der Waals surface area contributed by atoms with Crippen molar-refractivity contribution in [2.75, 3.05) is 26.7 Å². The van der Waals surface area contributed by atoms with Crippen LogP contribution in [0.4, 0.5) is 0 Å². The molecular formula is C25H30N4O3S. The lowest BCUT2D eigenvalue weighted by Gasteiger charge is -2.31. The first-order valence-corrected chi connectivity index (χ1v) is 12.5. The Bertz CT molecular complexity index is 1110. The van der Waals surface area contributed by atoms with Gasteiger partial charge in [-0.05, 0) is 52.9 Å². The number of ether oxygens (including phenoxy) is 1. The molecule has 4 heterocycles. The number of carbonyl (C=O) groups is 1. The second-order valence-electron chi connectivity index (χ2n) is 8.92. The van der Waals surface area contributed by atoms with Crippen molar-refractivity contribution in [2.24, 2.45) is 0 Å². The highest BCUT2D eigenvalue weighted by atomic mass is 32.1. The van der Waals surface area contributed by atoms with Crippen molar-refractivity contribution in [3.63, 3.8) is 0 Å². The van der Waals surface area contributed by atoms with Crippen molar-refractivity contribution >= 4 is 17.2 Å². The molecule has 1 atom stereocenters. The summed E-state index contributed by atoms with van der Waals surface area (Å²) in [6.07, 6.45) is 1.98. The predicted molar refractivity (Wildman–Crippen MR) is 128 cm³/mol. The van der Waals surface area contributed by atoms with Crippen LogP contribution in [-0.2, 0) is 26.1 Å². The number of hydrogen-bond donors (Lipinski definition) is 1. The number of methoxy groups -OCH3 is 1. The van der Waals surface area contributed by atoms with Gasteiger partial charge in [-0.25, -0.2) is 0 Å². The molecule has 174 valence electrons. The van der Waals surface area contributed by atoms with E-state index in [1.807, 2.05) is 22.9 Å². The Kier molecular flexibility index (Phi) is 6.48. The van der Waals surface area contributed by atoms with Gasteiger partial charge in [0.1, 0.15) is 5.75 Å². The first-order chi connectivity index (χ1) is 16.1. The van der Waals surface area contributed by atoms with Gasteiger partial charge in [0.25, 0.3) is 5.91 Å². The van der Waals surface area contributed by atoms with E-state index in [-0.39, 0.29) is 5.91 Å². The predicted octanol–water partition coefficient (Wildman–Crippen LogP) is 3.16. The minimum atomic E-state index is -0.451. The summed E-state index contributed by atoms with van der Waals surface area (Å²) in [4.78, 5) is 17.7. The number of thiophene rings is 1. The Morgan fingerprint density at radius 1 is 1.24 bits per heavy atom. The molecule has 1 amide bonds. The Labute approximate surface area is 198 Å². The number of likely N-dealkylation sites (tertiary alicyclic amines) is 1. The molecule has 1 saturated heterocycles. The molecule has 0 bridgehead atoms. The number of aromatic nitrogens is 2. The molecule has 5 rings (SSSR count). The first kappa shape index (κ1) is 22.1. The molecule has 0 radical (unpaired) electrons. The van der Waals surface area contributed by atoms with Crippen LogP contribution < -0.4 is 4.74 Å². The SMILES string of the molecule is COc1cccc(Cn2nc(C(=O)N3CCC[C@H](O)C3)c3c2CCN(Cc2ccsc2)C3)c1. The van der Waals surface area contributed by atoms with Crippen LogP contribution in [0.1, 0.15) is 45.7 Å². The highest BCUT2D eigenvalue weighted by Gasteiger charge is 2.32. The van der Waals surface area contributed by atoms with Gasteiger partial charge in [-0.2, -0.15) is 16.4 Å². The molecule has 2 aromatic heterocycles. The van der Waals surface area contributed by atoms with Crippen molar-refractivity contribution in [3.8, 4) is 5.75 Å². The molecule has 7 nitrogen and oxygen atoms in total. The lowest BCUT2D eigenvalue weighted by molar-refractivity contribution is 0.0466. The molecule has 1 aromatic carbocycles. The standard InChI is InChI=1S/C25H30N4O3S/c1-32-21-6-2-4-18(12-21)14-29-23-7-10-27(13-19-8-11-33-17-19)16-22(23)24(26-29)25(31)28-9-3-5-20(30)15-28/h2,4,6,8,11-12,17,20,30H,3,5,7,9-10,13-16H2,1H3/t20-/m0/s1. The number of β-amino-alcohol motifs (C(OH)–C–C–N with tert-alkyl or cyclic N) is 1. The van der Waals surface area contributed by atoms with Gasteiger partial charge in [-0.15, -0.1) is 0 Å². The van der Waals surface area contributed by atoms with E-state index < -0.39 is 6.10 Å². The minimum Gasteiger partial charge on any atom is -0.497 e. The van der Waals surface area contributed by atoms with Crippen molar-refractivity contribution in [1.82, 2.24) is 19.6 Å². The molecule has 0 saturated carbocycles. The number of nitrogens with zero attached hydrogens (tertiary/aromatic N) is 4. The molecule has 1 N–H and O–H groups in total. The maximum atomic E-state index is 13.5. The molecular weight excluding hydrogens is 436 g/mol. The lowest BCUT2D eigenvalue weighted by atomic mass is 10.0. The average molecular weight is 467 g/mol. The molecule has 2 aliphatic heterocycles. The molecule has 8 heteroatoms. The normalized spacial score (nSPS) is 18.8. The van der Waals surface area contributed by atoms with Crippen molar-refractivity contribution in [1.29, 1.82) is 0 Å². The summed E-state index contributed by atoms with van der Waals surface area (Å²) in [7, 11) is 1.67. The molecule has 2 aliphatic rings. The van der Waals surface area contributed by atoms with Crippen LogP contribution in [-0.4, -0.2) is 63.4 Å². The van der Waals surface area contributed by atoms with Gasteiger partial charge < -0.3 is 14.7 Å². The summed E-state index contributed by atoms with van der Waals surface area (Å²) < 4.78 is 7.38. The van der Waals surface area contributed by atoms with E-state index in [4.69, 9.17) is 9.84 Å². The Hall–Kier alpha value is -2.68. The first-order valence-electron chi connectivity index (χ1n) is 11.5. The van der Waals surface area contributed by atoms with E-state index in [1.165, 1.54) is 5.56 Å². The van der Waals surface area contributed by atoms with Gasteiger partial charge in [0.15, 0.2) is 5.69 Å². The zero-order valence-electron chi connectivity index (χ0n) is 18.9. The number of piperidine rings is 1. The van der Waals surface area contributed by atoms with Crippen LogP contribution in [0.3, 0.4) is 0 Å². The Balaban J connectivity index is 1.45. The maximum Gasteiger partial charge on any atom is 0.274 e. The fraction of sp³-hybridized carbons (Fsp3) is 0.440. The molecule has 33 heavy (non-hydrogen) atoms. The Morgan fingerprint density at radius 3 is 2.94 bits per heavy atom. The quantitative estimate of drug-likeness (QED) is 0.604. The number of carbonyl (C=O) groups excluding carboxylic acids is 1. The largest absolute Gasteiger partial charge is 0.497 e. The van der Waals surface area contributed by atoms with E-state index >= 15 is 0 Å². The molecule has 0 aliphatic carbocycles.